The van der Waals surface area contributed by atoms with Gasteiger partial charge in [-0.05, 0) is 79.9 Å². The Morgan fingerprint density at radius 1 is 0.974 bits per heavy atom. The van der Waals surface area contributed by atoms with Crippen LogP contribution in [0.4, 0.5) is 5.13 Å². The predicted octanol–water partition coefficient (Wildman–Crippen LogP) is 7.39. The van der Waals surface area contributed by atoms with Crippen molar-refractivity contribution in [1.82, 2.24) is 4.98 Å². The predicted molar refractivity (Wildman–Crippen MR) is 150 cm³/mol. The highest BCUT2D eigenvalue weighted by Gasteiger charge is 2.46. The molecular formula is C31H24N2O5S. The summed E-state index contributed by atoms with van der Waals surface area (Å²) < 4.78 is 12.5. The SMILES string of the molecule is Cc1cc(C)c2nc(N3C(=O)C(O)=C(C(=O)c4ccc(C)o4)C3c3cccc(Oc4ccccc4)c3)sc2c1. The summed E-state index contributed by atoms with van der Waals surface area (Å²) in [4.78, 5) is 33.5. The Morgan fingerprint density at radius 3 is 2.49 bits per heavy atom. The number of rotatable bonds is 6. The first-order valence-corrected chi connectivity index (χ1v) is 13.2. The van der Waals surface area contributed by atoms with Crippen molar-refractivity contribution in [2.75, 3.05) is 4.90 Å². The number of thiazole rings is 1. The normalized spacial score (nSPS) is 15.4. The van der Waals surface area contributed by atoms with Crippen molar-refractivity contribution in [1.29, 1.82) is 0 Å². The lowest BCUT2D eigenvalue weighted by atomic mass is 9.95. The number of aromatic nitrogens is 1. The Bertz CT molecular complexity index is 1780. The molecule has 3 aromatic carbocycles. The topological polar surface area (TPSA) is 92.9 Å². The Balaban J connectivity index is 1.50. The number of Topliss-reactive ketones (excluding diaryl/α,β-unsaturated/α-hetero) is 1. The average Bonchev–Trinajstić information content (AvgIpc) is 3.61. The Kier molecular flexibility index (Phi) is 6.04. The average molecular weight is 537 g/mol. The summed E-state index contributed by atoms with van der Waals surface area (Å²) in [6.45, 7) is 5.70. The molecule has 0 bridgehead atoms. The van der Waals surface area contributed by atoms with Crippen molar-refractivity contribution in [2.24, 2.45) is 0 Å². The van der Waals surface area contributed by atoms with Gasteiger partial charge < -0.3 is 14.3 Å². The molecule has 194 valence electrons. The molecule has 1 atom stereocenters. The first kappa shape index (κ1) is 24.6. The van der Waals surface area contributed by atoms with Crippen LogP contribution in [0.1, 0.15) is 39.0 Å². The molecule has 7 nitrogen and oxygen atoms in total. The van der Waals surface area contributed by atoms with Crippen molar-refractivity contribution in [3.8, 4) is 11.5 Å². The fourth-order valence-corrected chi connectivity index (χ4v) is 6.04. The highest BCUT2D eigenvalue weighted by Crippen LogP contribution is 2.45. The number of hydrogen-bond donors (Lipinski definition) is 1. The summed E-state index contributed by atoms with van der Waals surface area (Å²) >= 11 is 1.34. The molecule has 6 rings (SSSR count). The summed E-state index contributed by atoms with van der Waals surface area (Å²) in [5.74, 6) is -0.132. The number of aliphatic hydroxyl groups is 1. The molecule has 0 radical (unpaired) electrons. The molecule has 1 unspecified atom stereocenters. The molecular weight excluding hydrogens is 512 g/mol. The van der Waals surface area contributed by atoms with Crippen LogP contribution in [0, 0.1) is 20.8 Å². The lowest BCUT2D eigenvalue weighted by Gasteiger charge is -2.24. The second-order valence-corrected chi connectivity index (χ2v) is 10.5. The van der Waals surface area contributed by atoms with Gasteiger partial charge in [0.15, 0.2) is 16.7 Å². The molecule has 0 aliphatic carbocycles. The van der Waals surface area contributed by atoms with E-state index in [1.165, 1.54) is 16.2 Å². The largest absolute Gasteiger partial charge is 0.503 e. The standard InChI is InChI=1S/C31H24N2O5S/c1-17-14-18(2)26-24(15-17)39-31(32-26)33-27(20-8-7-11-22(16-20)38-21-9-5-4-6-10-21)25(29(35)30(33)36)28(34)23-13-12-19(3)37-23/h4-16,27,35H,1-3H3. The van der Waals surface area contributed by atoms with E-state index in [-0.39, 0.29) is 11.3 Å². The van der Waals surface area contributed by atoms with Gasteiger partial charge in [0.1, 0.15) is 17.3 Å². The van der Waals surface area contributed by atoms with Gasteiger partial charge in [-0.2, -0.15) is 0 Å². The van der Waals surface area contributed by atoms with Crippen LogP contribution < -0.4 is 9.64 Å². The van der Waals surface area contributed by atoms with Crippen LogP contribution in [-0.4, -0.2) is 21.8 Å². The van der Waals surface area contributed by atoms with Crippen LogP contribution in [0.2, 0.25) is 0 Å². The summed E-state index contributed by atoms with van der Waals surface area (Å²) in [6.07, 6.45) is 0. The molecule has 0 spiro atoms. The smallest absolute Gasteiger partial charge is 0.296 e. The van der Waals surface area contributed by atoms with Gasteiger partial charge in [-0.15, -0.1) is 0 Å². The highest BCUT2D eigenvalue weighted by atomic mass is 32.1. The van der Waals surface area contributed by atoms with E-state index in [0.717, 1.165) is 21.3 Å². The highest BCUT2D eigenvalue weighted by molar-refractivity contribution is 7.22. The van der Waals surface area contributed by atoms with E-state index in [9.17, 15) is 14.7 Å². The van der Waals surface area contributed by atoms with Gasteiger partial charge in [0.05, 0.1) is 21.8 Å². The first-order chi connectivity index (χ1) is 18.8. The summed E-state index contributed by atoms with van der Waals surface area (Å²) in [5.41, 5.74) is 3.34. The van der Waals surface area contributed by atoms with Crippen molar-refractivity contribution in [3.05, 3.63) is 118 Å². The van der Waals surface area contributed by atoms with Gasteiger partial charge in [-0.25, -0.2) is 4.98 Å². The number of aryl methyl sites for hydroxylation is 3. The number of carbonyl (C=O) groups excluding carboxylic acids is 2. The zero-order chi connectivity index (χ0) is 27.3. The lowest BCUT2D eigenvalue weighted by Crippen LogP contribution is -2.31. The number of anilines is 1. The minimum absolute atomic E-state index is 0.0427. The van der Waals surface area contributed by atoms with Crippen molar-refractivity contribution in [2.45, 2.75) is 26.8 Å². The molecule has 0 saturated heterocycles. The third-order valence-corrected chi connectivity index (χ3v) is 7.60. The van der Waals surface area contributed by atoms with Crippen LogP contribution in [0.15, 0.2) is 94.6 Å². The quantitative estimate of drug-likeness (QED) is 0.228. The van der Waals surface area contributed by atoms with Gasteiger partial charge in [0.2, 0.25) is 5.78 Å². The van der Waals surface area contributed by atoms with Crippen LogP contribution >= 0.6 is 11.3 Å². The summed E-state index contributed by atoms with van der Waals surface area (Å²) in [6, 6.07) is 22.8. The fourth-order valence-electron chi connectivity index (χ4n) is 4.87. The van der Waals surface area contributed by atoms with Crippen molar-refractivity contribution >= 4 is 38.4 Å². The number of carbonyl (C=O) groups is 2. The first-order valence-electron chi connectivity index (χ1n) is 12.4. The Labute approximate surface area is 228 Å². The van der Waals surface area contributed by atoms with E-state index in [1.807, 2.05) is 56.3 Å². The number of ether oxygens (including phenoxy) is 1. The van der Waals surface area contributed by atoms with Gasteiger partial charge in [0, 0.05) is 0 Å². The number of benzene rings is 3. The van der Waals surface area contributed by atoms with E-state index in [0.29, 0.717) is 28.0 Å². The summed E-state index contributed by atoms with van der Waals surface area (Å²) in [5, 5.41) is 11.5. The molecule has 0 saturated carbocycles. The molecule has 1 aliphatic heterocycles. The van der Waals surface area contributed by atoms with Gasteiger partial charge in [-0.3, -0.25) is 14.5 Å². The lowest BCUT2D eigenvalue weighted by molar-refractivity contribution is -0.117. The number of aliphatic hydroxyl groups excluding tert-OH is 1. The van der Waals surface area contributed by atoms with E-state index < -0.39 is 23.5 Å². The molecule has 1 aliphatic rings. The van der Waals surface area contributed by atoms with E-state index in [4.69, 9.17) is 14.1 Å². The third-order valence-electron chi connectivity index (χ3n) is 6.59. The van der Waals surface area contributed by atoms with Crippen LogP contribution in [-0.2, 0) is 4.79 Å². The maximum Gasteiger partial charge on any atom is 0.296 e. The summed E-state index contributed by atoms with van der Waals surface area (Å²) in [7, 11) is 0. The molecule has 1 N–H and O–H groups in total. The Morgan fingerprint density at radius 2 is 1.74 bits per heavy atom. The minimum Gasteiger partial charge on any atom is -0.503 e. The zero-order valence-corrected chi connectivity index (χ0v) is 22.3. The van der Waals surface area contributed by atoms with Crippen LogP contribution in [0.25, 0.3) is 10.2 Å². The molecule has 3 heterocycles. The number of ketones is 1. The van der Waals surface area contributed by atoms with Crippen LogP contribution in [0.5, 0.6) is 11.5 Å². The Hall–Kier alpha value is -4.69. The van der Waals surface area contributed by atoms with Crippen molar-refractivity contribution in [3.63, 3.8) is 0 Å². The van der Waals surface area contributed by atoms with E-state index in [2.05, 4.69) is 0 Å². The third kappa shape index (κ3) is 4.38. The molecule has 5 aromatic rings. The molecule has 39 heavy (non-hydrogen) atoms. The zero-order valence-electron chi connectivity index (χ0n) is 21.5. The maximum absolute atomic E-state index is 13.7. The second-order valence-electron chi connectivity index (χ2n) is 9.49. The number of nitrogens with zero attached hydrogens (tertiary/aromatic N) is 2. The number of para-hydroxylation sites is 1. The number of furan rings is 1. The van der Waals surface area contributed by atoms with Crippen LogP contribution in [0.3, 0.4) is 0 Å². The monoisotopic (exact) mass is 536 g/mol. The van der Waals surface area contributed by atoms with E-state index in [1.54, 1.807) is 43.3 Å². The molecule has 2 aromatic heterocycles. The second kappa shape index (κ2) is 9.56. The van der Waals surface area contributed by atoms with Gasteiger partial charge in [-0.1, -0.05) is 47.7 Å². The number of amides is 1. The molecule has 0 fully saturated rings. The van der Waals surface area contributed by atoms with E-state index >= 15 is 0 Å². The number of hydrogen-bond acceptors (Lipinski definition) is 7. The fraction of sp³-hybridized carbons (Fsp3) is 0.129. The van der Waals surface area contributed by atoms with Gasteiger partial charge in [0.25, 0.3) is 5.91 Å². The maximum atomic E-state index is 13.7. The number of fused-ring (bicyclic) bond motifs is 1. The minimum atomic E-state index is -0.948. The molecule has 8 heteroatoms. The van der Waals surface area contributed by atoms with Crippen molar-refractivity contribution < 1.29 is 23.8 Å². The van der Waals surface area contributed by atoms with Gasteiger partial charge >= 0.3 is 0 Å². The molecule has 1 amide bonds.